The van der Waals surface area contributed by atoms with Crippen molar-refractivity contribution in [3.63, 3.8) is 0 Å². The van der Waals surface area contributed by atoms with Gasteiger partial charge in [-0.3, -0.25) is 0 Å². The Morgan fingerprint density at radius 1 is 0.900 bits per heavy atom. The second-order valence-electron chi connectivity index (χ2n) is 5.65. The average molecular weight is 307 g/mol. The summed E-state index contributed by atoms with van der Waals surface area (Å²) in [5, 5.41) is 0. The van der Waals surface area contributed by atoms with E-state index in [0.717, 1.165) is 19.3 Å². The van der Waals surface area contributed by atoms with Crippen molar-refractivity contribution in [1.29, 1.82) is 0 Å². The molecule has 0 aromatic carbocycles. The first-order valence-corrected chi connectivity index (χ1v) is 8.37. The van der Waals surface area contributed by atoms with Gasteiger partial charge in [-0.25, -0.2) is 0 Å². The molecule has 0 bridgehead atoms. The molecule has 0 aliphatic heterocycles. The second-order valence-corrected chi connectivity index (χ2v) is 5.91. The molecular formula is C16H34O3S. The summed E-state index contributed by atoms with van der Waals surface area (Å²) in [7, 11) is 3.46. The first kappa shape index (κ1) is 20.2. The summed E-state index contributed by atoms with van der Waals surface area (Å²) in [6.07, 6.45) is 11.1. The standard InChI is InChI=1S/C16H34O3S/c1-5-6-7-8-9-10-12-15(13-11-14-19-20)16(2,17-3)18-4/h15,20H,5-14H2,1-4H3. The molecule has 0 rings (SSSR count). The summed E-state index contributed by atoms with van der Waals surface area (Å²) in [5.41, 5.74) is 0. The number of ether oxygens (including phenoxy) is 2. The van der Waals surface area contributed by atoms with Crippen LogP contribution in [0.1, 0.15) is 71.6 Å². The summed E-state index contributed by atoms with van der Waals surface area (Å²) in [6.45, 7) is 4.97. The third-order valence-electron chi connectivity index (χ3n) is 4.25. The highest BCUT2D eigenvalue weighted by atomic mass is 32.1. The molecule has 0 amide bonds. The van der Waals surface area contributed by atoms with E-state index in [-0.39, 0.29) is 0 Å². The van der Waals surface area contributed by atoms with Crippen LogP contribution in [0.3, 0.4) is 0 Å². The number of hydrogen-bond donors (Lipinski definition) is 1. The summed E-state index contributed by atoms with van der Waals surface area (Å²) < 4.78 is 16.0. The Hall–Kier alpha value is 0.230. The molecule has 1 unspecified atom stereocenters. The molecule has 0 aromatic rings. The molecule has 20 heavy (non-hydrogen) atoms. The molecule has 0 aliphatic carbocycles. The van der Waals surface area contributed by atoms with Gasteiger partial charge in [-0.2, -0.15) is 0 Å². The molecule has 0 saturated heterocycles. The van der Waals surface area contributed by atoms with E-state index < -0.39 is 5.79 Å². The topological polar surface area (TPSA) is 27.7 Å². The van der Waals surface area contributed by atoms with Crippen molar-refractivity contribution >= 4 is 12.9 Å². The van der Waals surface area contributed by atoms with Crippen LogP contribution >= 0.6 is 12.9 Å². The zero-order valence-electron chi connectivity index (χ0n) is 13.8. The van der Waals surface area contributed by atoms with Crippen LogP contribution in [0.25, 0.3) is 0 Å². The summed E-state index contributed by atoms with van der Waals surface area (Å²) in [4.78, 5) is 0. The monoisotopic (exact) mass is 306 g/mol. The third-order valence-corrected chi connectivity index (χ3v) is 4.43. The lowest BCUT2D eigenvalue weighted by Crippen LogP contribution is -2.39. The van der Waals surface area contributed by atoms with Crippen LogP contribution in [0.5, 0.6) is 0 Å². The molecular weight excluding hydrogens is 272 g/mol. The molecule has 0 spiro atoms. The van der Waals surface area contributed by atoms with E-state index in [9.17, 15) is 0 Å². The maximum atomic E-state index is 5.59. The highest BCUT2D eigenvalue weighted by Gasteiger charge is 2.33. The normalized spacial score (nSPS) is 13.7. The van der Waals surface area contributed by atoms with Gasteiger partial charge in [0, 0.05) is 20.1 Å². The van der Waals surface area contributed by atoms with Crippen LogP contribution in [0.15, 0.2) is 0 Å². The average Bonchev–Trinajstić information content (AvgIpc) is 2.48. The number of rotatable bonds is 14. The van der Waals surface area contributed by atoms with Crippen molar-refractivity contribution in [2.75, 3.05) is 20.8 Å². The van der Waals surface area contributed by atoms with Crippen molar-refractivity contribution < 1.29 is 13.7 Å². The van der Waals surface area contributed by atoms with Crippen molar-refractivity contribution in [3.05, 3.63) is 0 Å². The predicted octanol–water partition coefficient (Wildman–Crippen LogP) is 5.00. The number of methoxy groups -OCH3 is 2. The van der Waals surface area contributed by atoms with E-state index in [1.807, 2.05) is 6.92 Å². The summed E-state index contributed by atoms with van der Waals surface area (Å²) >= 11 is 3.80. The summed E-state index contributed by atoms with van der Waals surface area (Å²) in [5.74, 6) is -0.0767. The first-order chi connectivity index (χ1) is 9.64. The van der Waals surface area contributed by atoms with Gasteiger partial charge in [-0.05, 0) is 39.1 Å². The van der Waals surface area contributed by atoms with Crippen LogP contribution in [-0.2, 0) is 13.7 Å². The Labute approximate surface area is 131 Å². The van der Waals surface area contributed by atoms with E-state index in [4.69, 9.17) is 13.7 Å². The smallest absolute Gasteiger partial charge is 0.167 e. The Morgan fingerprint density at radius 3 is 2.00 bits per heavy atom. The molecule has 3 nitrogen and oxygen atoms in total. The second kappa shape index (κ2) is 12.9. The zero-order valence-corrected chi connectivity index (χ0v) is 14.7. The van der Waals surface area contributed by atoms with E-state index in [1.54, 1.807) is 14.2 Å². The van der Waals surface area contributed by atoms with Gasteiger partial charge in [0.1, 0.15) is 0 Å². The van der Waals surface area contributed by atoms with Gasteiger partial charge in [-0.15, -0.1) is 0 Å². The van der Waals surface area contributed by atoms with Gasteiger partial charge >= 0.3 is 0 Å². The SMILES string of the molecule is CCCCCCCCC(CCCOS)C(C)(OC)OC. The van der Waals surface area contributed by atoms with Gasteiger partial charge in [0.05, 0.1) is 6.61 Å². The Bertz CT molecular complexity index is 208. The molecule has 0 aromatic heterocycles. The predicted molar refractivity (Wildman–Crippen MR) is 88.1 cm³/mol. The van der Waals surface area contributed by atoms with Gasteiger partial charge in [0.15, 0.2) is 5.79 Å². The fourth-order valence-corrected chi connectivity index (χ4v) is 2.78. The lowest BCUT2D eigenvalue weighted by atomic mass is 9.88. The Balaban J connectivity index is 4.10. The molecule has 122 valence electrons. The van der Waals surface area contributed by atoms with E-state index in [0.29, 0.717) is 12.5 Å². The van der Waals surface area contributed by atoms with Crippen molar-refractivity contribution in [1.82, 2.24) is 0 Å². The number of unbranched alkanes of at least 4 members (excludes halogenated alkanes) is 5. The molecule has 4 heteroatoms. The lowest BCUT2D eigenvalue weighted by Gasteiger charge is -2.35. The molecule has 0 N–H and O–H groups in total. The van der Waals surface area contributed by atoms with E-state index >= 15 is 0 Å². The highest BCUT2D eigenvalue weighted by Crippen LogP contribution is 2.31. The van der Waals surface area contributed by atoms with E-state index in [2.05, 4.69) is 19.8 Å². The Morgan fingerprint density at radius 2 is 1.45 bits per heavy atom. The van der Waals surface area contributed by atoms with Crippen LogP contribution in [0.4, 0.5) is 0 Å². The van der Waals surface area contributed by atoms with Gasteiger partial charge < -0.3 is 13.7 Å². The molecule has 0 heterocycles. The fraction of sp³-hybridized carbons (Fsp3) is 1.00. The zero-order chi connectivity index (χ0) is 15.3. The molecule has 0 fully saturated rings. The Kier molecular flexibility index (Phi) is 13.1. The minimum atomic E-state index is -0.486. The molecule has 0 radical (unpaired) electrons. The quantitative estimate of drug-likeness (QED) is 0.212. The maximum absolute atomic E-state index is 5.59. The first-order valence-electron chi connectivity index (χ1n) is 8.01. The van der Waals surface area contributed by atoms with E-state index in [1.165, 1.54) is 38.5 Å². The minimum absolute atomic E-state index is 0.409. The van der Waals surface area contributed by atoms with Gasteiger partial charge in [0.2, 0.25) is 0 Å². The van der Waals surface area contributed by atoms with Crippen molar-refractivity contribution in [3.8, 4) is 0 Å². The minimum Gasteiger partial charge on any atom is -0.353 e. The highest BCUT2D eigenvalue weighted by molar-refractivity contribution is 7.75. The van der Waals surface area contributed by atoms with Crippen molar-refractivity contribution in [2.24, 2.45) is 5.92 Å². The van der Waals surface area contributed by atoms with Gasteiger partial charge in [0.25, 0.3) is 0 Å². The molecule has 0 aliphatic rings. The lowest BCUT2D eigenvalue weighted by molar-refractivity contribution is -0.230. The van der Waals surface area contributed by atoms with Crippen LogP contribution < -0.4 is 0 Å². The van der Waals surface area contributed by atoms with Crippen LogP contribution in [-0.4, -0.2) is 26.6 Å². The largest absolute Gasteiger partial charge is 0.353 e. The van der Waals surface area contributed by atoms with Crippen LogP contribution in [0.2, 0.25) is 0 Å². The molecule has 1 atom stereocenters. The molecule has 0 saturated carbocycles. The third kappa shape index (κ3) is 8.50. The van der Waals surface area contributed by atoms with Crippen molar-refractivity contribution in [2.45, 2.75) is 77.4 Å². The van der Waals surface area contributed by atoms with Crippen LogP contribution in [0, 0.1) is 5.92 Å². The van der Waals surface area contributed by atoms with Gasteiger partial charge in [-0.1, -0.05) is 45.4 Å². The number of thiol groups is 1. The fourth-order valence-electron chi connectivity index (χ4n) is 2.65. The maximum Gasteiger partial charge on any atom is 0.167 e. The number of hydrogen-bond acceptors (Lipinski definition) is 4. The summed E-state index contributed by atoms with van der Waals surface area (Å²) in [6, 6.07) is 0.